The van der Waals surface area contributed by atoms with E-state index in [4.69, 9.17) is 4.74 Å². The van der Waals surface area contributed by atoms with Gasteiger partial charge in [0.1, 0.15) is 12.4 Å². The van der Waals surface area contributed by atoms with Gasteiger partial charge in [0.15, 0.2) is 0 Å². The Bertz CT molecular complexity index is 1070. The van der Waals surface area contributed by atoms with Gasteiger partial charge < -0.3 is 10.1 Å². The lowest BCUT2D eigenvalue weighted by molar-refractivity contribution is 0.195. The largest absolute Gasteiger partial charge is 0.489 e. The third-order valence-corrected chi connectivity index (χ3v) is 6.85. The Kier molecular flexibility index (Phi) is 5.80. The summed E-state index contributed by atoms with van der Waals surface area (Å²) in [6.45, 7) is 4.69. The van der Waals surface area contributed by atoms with Crippen molar-refractivity contribution in [2.45, 2.75) is 12.6 Å². The summed E-state index contributed by atoms with van der Waals surface area (Å²) < 4.78 is 7.70. The summed E-state index contributed by atoms with van der Waals surface area (Å²) in [6, 6.07) is 30.2. The molecule has 1 fully saturated rings. The van der Waals surface area contributed by atoms with Crippen molar-refractivity contribution in [3.05, 3.63) is 101 Å². The van der Waals surface area contributed by atoms with Crippen LogP contribution in [0, 0.1) is 0 Å². The second-order valence-electron chi connectivity index (χ2n) is 7.69. The molecule has 0 spiro atoms. The third kappa shape index (κ3) is 4.12. The van der Waals surface area contributed by atoms with Crippen LogP contribution in [0.3, 0.4) is 0 Å². The van der Waals surface area contributed by atoms with Crippen molar-refractivity contribution in [2.24, 2.45) is 0 Å². The van der Waals surface area contributed by atoms with Crippen molar-refractivity contribution in [3.8, 4) is 5.75 Å². The average Bonchev–Trinajstić information content (AvgIpc) is 3.24. The molecule has 0 aliphatic carbocycles. The first-order chi connectivity index (χ1) is 14.9. The molecule has 1 aromatic heterocycles. The van der Waals surface area contributed by atoms with E-state index in [1.54, 1.807) is 0 Å². The Hall–Kier alpha value is -2.66. The van der Waals surface area contributed by atoms with E-state index in [1.807, 2.05) is 17.4 Å². The van der Waals surface area contributed by atoms with Crippen LogP contribution < -0.4 is 10.1 Å². The predicted molar refractivity (Wildman–Crippen MR) is 125 cm³/mol. The number of hydrogen-bond acceptors (Lipinski definition) is 4. The molecule has 4 heteroatoms. The van der Waals surface area contributed by atoms with Crippen molar-refractivity contribution in [1.82, 2.24) is 10.2 Å². The van der Waals surface area contributed by atoms with Crippen molar-refractivity contribution in [2.75, 3.05) is 26.2 Å². The molecule has 1 saturated heterocycles. The van der Waals surface area contributed by atoms with E-state index in [-0.39, 0.29) is 6.04 Å². The highest BCUT2D eigenvalue weighted by Crippen LogP contribution is 2.40. The fourth-order valence-electron chi connectivity index (χ4n) is 4.18. The summed E-state index contributed by atoms with van der Waals surface area (Å²) >= 11 is 1.90. The zero-order valence-corrected chi connectivity index (χ0v) is 17.8. The minimum atomic E-state index is 0.205. The molecule has 2 heterocycles. The molecule has 0 saturated carbocycles. The molecule has 0 bridgehead atoms. The summed E-state index contributed by atoms with van der Waals surface area (Å²) in [4.78, 5) is 3.97. The quantitative estimate of drug-likeness (QED) is 0.452. The van der Waals surface area contributed by atoms with Gasteiger partial charge in [0, 0.05) is 41.3 Å². The first-order valence-corrected chi connectivity index (χ1v) is 11.4. The number of benzene rings is 3. The summed E-state index contributed by atoms with van der Waals surface area (Å²) in [5.41, 5.74) is 2.44. The minimum Gasteiger partial charge on any atom is -0.489 e. The summed E-state index contributed by atoms with van der Waals surface area (Å²) in [6.07, 6.45) is 0. The van der Waals surface area contributed by atoms with Crippen LogP contribution >= 0.6 is 11.3 Å². The van der Waals surface area contributed by atoms with Crippen molar-refractivity contribution < 1.29 is 4.74 Å². The molecular weight excluding hydrogens is 388 g/mol. The van der Waals surface area contributed by atoms with Crippen molar-refractivity contribution in [1.29, 1.82) is 0 Å². The second-order valence-corrected chi connectivity index (χ2v) is 8.80. The maximum Gasteiger partial charge on any atom is 0.124 e. The van der Waals surface area contributed by atoms with E-state index >= 15 is 0 Å². The second kappa shape index (κ2) is 9.00. The van der Waals surface area contributed by atoms with Crippen LogP contribution in [0.4, 0.5) is 0 Å². The predicted octanol–water partition coefficient (Wildman–Crippen LogP) is 5.47. The third-order valence-electron chi connectivity index (χ3n) is 5.68. The van der Waals surface area contributed by atoms with E-state index in [9.17, 15) is 0 Å². The molecule has 0 radical (unpaired) electrons. The SMILES string of the molecule is c1ccc(COc2ccccc2C(c2cc3ccccc3s2)N2CCNCC2)cc1. The Morgan fingerprint density at radius 2 is 1.60 bits per heavy atom. The van der Waals surface area contributed by atoms with Crippen LogP contribution in [-0.2, 0) is 6.61 Å². The molecule has 0 amide bonds. The number of nitrogens with zero attached hydrogens (tertiary/aromatic N) is 1. The zero-order chi connectivity index (χ0) is 20.2. The number of piperazine rings is 1. The molecule has 3 nitrogen and oxygen atoms in total. The molecule has 30 heavy (non-hydrogen) atoms. The van der Waals surface area contributed by atoms with E-state index in [0.29, 0.717) is 6.61 Å². The standard InChI is InChI=1S/C26H26N2OS/c1-2-8-20(9-3-1)19-29-23-12-6-5-11-22(23)26(28-16-14-27-15-17-28)25-18-21-10-4-7-13-24(21)30-25/h1-13,18,26-27H,14-17,19H2. The van der Waals surface area contributed by atoms with Gasteiger partial charge in [0.2, 0.25) is 0 Å². The van der Waals surface area contributed by atoms with E-state index < -0.39 is 0 Å². The fourth-order valence-corrected chi connectivity index (χ4v) is 5.40. The maximum atomic E-state index is 6.35. The molecule has 1 aliphatic heterocycles. The molecule has 152 valence electrons. The summed E-state index contributed by atoms with van der Waals surface area (Å²) in [5, 5.41) is 4.81. The highest BCUT2D eigenvalue weighted by molar-refractivity contribution is 7.19. The number of thiophene rings is 1. The number of ether oxygens (including phenoxy) is 1. The molecular formula is C26H26N2OS. The number of rotatable bonds is 6. The van der Waals surface area contributed by atoms with Crippen LogP contribution in [-0.4, -0.2) is 31.1 Å². The van der Waals surface area contributed by atoms with Gasteiger partial charge in [0.25, 0.3) is 0 Å². The zero-order valence-electron chi connectivity index (χ0n) is 17.0. The van der Waals surface area contributed by atoms with Gasteiger partial charge in [-0.1, -0.05) is 66.7 Å². The molecule has 5 rings (SSSR count). The first kappa shape index (κ1) is 19.3. The highest BCUT2D eigenvalue weighted by atomic mass is 32.1. The Morgan fingerprint density at radius 1 is 0.867 bits per heavy atom. The Balaban J connectivity index is 1.52. The molecule has 1 N–H and O–H groups in total. The highest BCUT2D eigenvalue weighted by Gasteiger charge is 2.28. The smallest absolute Gasteiger partial charge is 0.124 e. The maximum absolute atomic E-state index is 6.35. The van der Waals surface area contributed by atoms with Gasteiger partial charge in [-0.3, -0.25) is 4.90 Å². The molecule has 4 aromatic rings. The van der Waals surface area contributed by atoms with E-state index in [1.165, 1.54) is 26.1 Å². The first-order valence-electron chi connectivity index (χ1n) is 10.6. The number of hydrogen-bond donors (Lipinski definition) is 1. The van der Waals surface area contributed by atoms with Crippen molar-refractivity contribution >= 4 is 21.4 Å². The Labute approximate surface area is 181 Å². The van der Waals surface area contributed by atoms with E-state index in [0.717, 1.165) is 31.9 Å². The van der Waals surface area contributed by atoms with Crippen LogP contribution in [0.25, 0.3) is 10.1 Å². The topological polar surface area (TPSA) is 24.5 Å². The van der Waals surface area contributed by atoms with Gasteiger partial charge in [-0.2, -0.15) is 0 Å². The lowest BCUT2D eigenvalue weighted by Gasteiger charge is -2.35. The van der Waals surface area contributed by atoms with Crippen molar-refractivity contribution in [3.63, 3.8) is 0 Å². The van der Waals surface area contributed by atoms with Gasteiger partial charge in [-0.25, -0.2) is 0 Å². The molecule has 1 atom stereocenters. The summed E-state index contributed by atoms with van der Waals surface area (Å²) in [5.74, 6) is 0.974. The van der Waals surface area contributed by atoms with Crippen LogP contribution in [0.15, 0.2) is 84.9 Å². The van der Waals surface area contributed by atoms with Gasteiger partial charge >= 0.3 is 0 Å². The minimum absolute atomic E-state index is 0.205. The Morgan fingerprint density at radius 3 is 2.43 bits per heavy atom. The number of fused-ring (bicyclic) bond motifs is 1. The van der Waals surface area contributed by atoms with Crippen LogP contribution in [0.5, 0.6) is 5.75 Å². The fraction of sp³-hybridized carbons (Fsp3) is 0.231. The number of nitrogens with one attached hydrogen (secondary N) is 1. The lowest BCUT2D eigenvalue weighted by atomic mass is 10.0. The van der Waals surface area contributed by atoms with Gasteiger partial charge in [0.05, 0.1) is 6.04 Å². The van der Waals surface area contributed by atoms with Crippen LogP contribution in [0.1, 0.15) is 22.0 Å². The van der Waals surface area contributed by atoms with Gasteiger partial charge in [-0.15, -0.1) is 11.3 Å². The normalized spacial score (nSPS) is 15.9. The average molecular weight is 415 g/mol. The lowest BCUT2D eigenvalue weighted by Crippen LogP contribution is -2.45. The monoisotopic (exact) mass is 414 g/mol. The van der Waals surface area contributed by atoms with Crippen LogP contribution in [0.2, 0.25) is 0 Å². The number of para-hydroxylation sites is 1. The van der Waals surface area contributed by atoms with E-state index in [2.05, 4.69) is 89.1 Å². The molecule has 3 aromatic carbocycles. The summed E-state index contributed by atoms with van der Waals surface area (Å²) in [7, 11) is 0. The molecule has 1 unspecified atom stereocenters. The molecule has 1 aliphatic rings. The van der Waals surface area contributed by atoms with Gasteiger partial charge in [-0.05, 0) is 29.1 Å².